The van der Waals surface area contributed by atoms with Crippen LogP contribution in [0.3, 0.4) is 0 Å². The second-order valence-corrected chi connectivity index (χ2v) is 24.6. The number of esters is 2. The van der Waals surface area contributed by atoms with Crippen LogP contribution in [0.1, 0.15) is 251 Å². The average molecular weight is 1290 g/mol. The van der Waals surface area contributed by atoms with Crippen molar-refractivity contribution < 1.29 is 62.8 Å². The molecule has 0 aromatic heterocycles. The minimum Gasteiger partial charge on any atom is -0.480 e. The van der Waals surface area contributed by atoms with Gasteiger partial charge in [0, 0.05) is 37.3 Å². The van der Waals surface area contributed by atoms with E-state index in [2.05, 4.69) is 38.8 Å². The zero-order valence-electron chi connectivity index (χ0n) is 54.7. The summed E-state index contributed by atoms with van der Waals surface area (Å²) in [6.45, 7) is 4.98. The minimum atomic E-state index is -1.55. The van der Waals surface area contributed by atoms with Crippen LogP contribution in [0, 0.1) is 0 Å². The van der Waals surface area contributed by atoms with E-state index in [1.165, 1.54) is 69.5 Å². The van der Waals surface area contributed by atoms with E-state index in [0.29, 0.717) is 90.3 Å². The molecule has 0 aromatic carbocycles. The lowest BCUT2D eigenvalue weighted by Crippen LogP contribution is -2.59. The number of rotatable bonds is 62. The molecule has 24 nitrogen and oxygen atoms in total. The molecule has 0 aliphatic rings. The van der Waals surface area contributed by atoms with E-state index in [0.717, 1.165) is 77.2 Å². The second-order valence-electron chi connectivity index (χ2n) is 23.5. The molecule has 518 valence electrons. The van der Waals surface area contributed by atoms with Gasteiger partial charge >= 0.3 is 17.9 Å². The molecule has 0 saturated carbocycles. The van der Waals surface area contributed by atoms with Gasteiger partial charge in [-0.3, -0.25) is 38.4 Å². The Morgan fingerprint density at radius 3 is 1.18 bits per heavy atom. The summed E-state index contributed by atoms with van der Waals surface area (Å²) in [5, 5.41) is 36.1. The molecule has 0 bridgehead atoms. The minimum absolute atomic E-state index is 0.00811. The van der Waals surface area contributed by atoms with Gasteiger partial charge in [0.2, 0.25) is 35.4 Å². The summed E-state index contributed by atoms with van der Waals surface area (Å²) in [4.78, 5) is 118. The van der Waals surface area contributed by atoms with Gasteiger partial charge < -0.3 is 80.3 Å². The van der Waals surface area contributed by atoms with Crippen LogP contribution in [0.15, 0.2) is 0 Å². The lowest BCUT2D eigenvalue weighted by atomic mass is 10.0. The van der Waals surface area contributed by atoms with Crippen LogP contribution >= 0.6 is 11.8 Å². The molecule has 0 unspecified atom stereocenters. The van der Waals surface area contributed by atoms with Crippen molar-refractivity contribution in [2.75, 3.05) is 57.4 Å². The summed E-state index contributed by atoms with van der Waals surface area (Å²) >= 11 is 1.19. The number of thioether (sulfide) groups is 1. The van der Waals surface area contributed by atoms with E-state index >= 15 is 0 Å². The van der Waals surface area contributed by atoms with E-state index < -0.39 is 96.4 Å². The van der Waals surface area contributed by atoms with Gasteiger partial charge in [-0.25, -0.2) is 4.79 Å². The predicted molar refractivity (Wildman–Crippen MR) is 352 cm³/mol. The molecule has 18 N–H and O–H groups in total. The van der Waals surface area contributed by atoms with Gasteiger partial charge in [0.05, 0.1) is 12.6 Å². The second kappa shape index (κ2) is 58.4. The fourth-order valence-electron chi connectivity index (χ4n) is 9.89. The molecule has 6 amide bonds. The summed E-state index contributed by atoms with van der Waals surface area (Å²) < 4.78 is 11.4. The monoisotopic (exact) mass is 1290 g/mol. The van der Waals surface area contributed by atoms with Crippen molar-refractivity contribution in [1.82, 2.24) is 31.9 Å². The zero-order chi connectivity index (χ0) is 66.1. The number of aliphatic carboxylic acids is 1. The van der Waals surface area contributed by atoms with E-state index in [1.54, 1.807) is 0 Å². The first-order chi connectivity index (χ1) is 43.0. The molecular weight excluding hydrogens is 1160 g/mol. The lowest BCUT2D eigenvalue weighted by molar-refractivity contribution is -0.157. The van der Waals surface area contributed by atoms with Crippen LogP contribution in [-0.2, 0) is 52.6 Å². The highest BCUT2D eigenvalue weighted by molar-refractivity contribution is 7.99. The molecule has 89 heavy (non-hydrogen) atoms. The first kappa shape index (κ1) is 84.3. The molecule has 0 heterocycles. The zero-order valence-corrected chi connectivity index (χ0v) is 55.6. The highest BCUT2D eigenvalue weighted by Gasteiger charge is 2.33. The number of hydrogen-bond acceptors (Lipinski definition) is 18. The van der Waals surface area contributed by atoms with E-state index in [1.807, 2.05) is 6.92 Å². The number of hydrogen-bond donors (Lipinski definition) is 13. The van der Waals surface area contributed by atoms with Crippen LogP contribution in [0.25, 0.3) is 0 Å². The first-order valence-corrected chi connectivity index (χ1v) is 35.3. The smallest absolute Gasteiger partial charge is 0.326 e. The average Bonchev–Trinajstić information content (AvgIpc) is 3.49. The number of nitrogens with two attached hydrogens (primary N) is 5. The van der Waals surface area contributed by atoms with E-state index in [4.69, 9.17) is 38.1 Å². The quantitative estimate of drug-likeness (QED) is 0.0267. The maximum atomic E-state index is 14.1. The summed E-state index contributed by atoms with van der Waals surface area (Å²) in [5.74, 6) is -5.76. The molecule has 0 saturated heterocycles. The maximum absolute atomic E-state index is 14.1. The van der Waals surface area contributed by atoms with Crippen LogP contribution < -0.4 is 60.6 Å². The topological polar surface area (TPSA) is 415 Å². The molecule has 25 heteroatoms. The van der Waals surface area contributed by atoms with Gasteiger partial charge in [-0.1, -0.05) is 136 Å². The maximum Gasteiger partial charge on any atom is 0.326 e. The fourth-order valence-corrected chi connectivity index (χ4v) is 10.9. The molecule has 0 aliphatic heterocycles. The number of amides is 6. The van der Waals surface area contributed by atoms with Crippen LogP contribution in [0.4, 0.5) is 0 Å². The molecular formula is C64H123N11O13S. The van der Waals surface area contributed by atoms with Crippen LogP contribution in [0.2, 0.25) is 0 Å². The Bertz CT molecular complexity index is 1900. The third-order valence-electron chi connectivity index (χ3n) is 15.5. The Morgan fingerprint density at radius 2 is 0.787 bits per heavy atom. The number of carboxylic acids is 1. The van der Waals surface area contributed by atoms with Gasteiger partial charge in [-0.2, -0.15) is 11.8 Å². The number of aliphatic hydroxyl groups excluding tert-OH is 1. The van der Waals surface area contributed by atoms with Crippen LogP contribution in [0.5, 0.6) is 0 Å². The first-order valence-electron chi connectivity index (χ1n) is 34.1. The lowest BCUT2D eigenvalue weighted by Gasteiger charge is -2.27. The van der Waals surface area contributed by atoms with Gasteiger partial charge in [-0.05, 0) is 122 Å². The Labute approximate surface area is 537 Å². The number of nitrogens with one attached hydrogen (secondary N) is 6. The van der Waals surface area contributed by atoms with Crippen molar-refractivity contribution in [1.29, 1.82) is 0 Å². The molecule has 0 rings (SSSR count). The molecule has 7 atom stereocenters. The van der Waals surface area contributed by atoms with Crippen molar-refractivity contribution in [2.24, 2.45) is 28.7 Å². The number of carboxylic acid groups (broad SMARTS) is 1. The third-order valence-corrected chi connectivity index (χ3v) is 16.7. The highest BCUT2D eigenvalue weighted by Crippen LogP contribution is 2.17. The molecule has 0 aromatic rings. The number of ether oxygens (including phenoxy) is 2. The fraction of sp³-hybridized carbons (Fsp3) is 0.859. The normalized spacial score (nSPS) is 13.6. The van der Waals surface area contributed by atoms with E-state index in [9.17, 15) is 53.4 Å². The highest BCUT2D eigenvalue weighted by atomic mass is 32.2. The molecule has 0 fully saturated rings. The molecule has 0 aliphatic carbocycles. The van der Waals surface area contributed by atoms with Crippen molar-refractivity contribution in [3.05, 3.63) is 0 Å². The van der Waals surface area contributed by atoms with Gasteiger partial charge in [0.1, 0.15) is 42.9 Å². The summed E-state index contributed by atoms with van der Waals surface area (Å²) in [6, 6.07) is -7.66. The summed E-state index contributed by atoms with van der Waals surface area (Å²) in [6.07, 6.45) is 28.4. The number of carbonyl (C=O) groups is 9. The summed E-state index contributed by atoms with van der Waals surface area (Å²) in [7, 11) is 0. The largest absolute Gasteiger partial charge is 0.480 e. The van der Waals surface area contributed by atoms with E-state index in [-0.39, 0.29) is 69.1 Å². The SMILES string of the molecule is CCCCCCCCCCCCCCCC(=O)O[C@H](COC(=O)CCCCCCCCCCCNC(=O)CC)CSC[C@H](N)C(=O)N[C@@H](CO)C(=O)N[C@@H](CCCCN)C(=O)N[C@@H](CCCCN)C(=O)N[C@@H](CCCCN)C(=O)N[C@@H](CCCCN)C(=O)O. The van der Waals surface area contributed by atoms with Gasteiger partial charge in [0.25, 0.3) is 0 Å². The Morgan fingerprint density at radius 1 is 0.427 bits per heavy atom. The van der Waals surface area contributed by atoms with Crippen molar-refractivity contribution >= 4 is 65.1 Å². The van der Waals surface area contributed by atoms with Gasteiger partial charge in [0.15, 0.2) is 0 Å². The Hall–Kier alpha value is -4.66. The van der Waals surface area contributed by atoms with Crippen molar-refractivity contribution in [3.8, 4) is 0 Å². The summed E-state index contributed by atoms with van der Waals surface area (Å²) in [5.41, 5.74) is 29.1. The van der Waals surface area contributed by atoms with Crippen molar-refractivity contribution in [3.63, 3.8) is 0 Å². The number of carbonyl (C=O) groups excluding carboxylic acids is 8. The Balaban J connectivity index is 5.81. The van der Waals surface area contributed by atoms with Crippen molar-refractivity contribution in [2.45, 2.75) is 294 Å². The standard InChI is InChI=1S/C64H123N11O13S/c1-3-5-6-7-8-9-10-11-12-14-18-21-24-39-58(79)88-49(46-87-57(78)38-23-20-17-15-13-16-19-22-33-44-70-56(77)4-2)47-89-48-50(69)59(80)75-55(45-76)63(84)73-52(35-26-30-41-66)61(82)71-51(34-25-29-40-65)60(81)72-53(36-27-31-42-67)62(83)74-54(64(85)86)37-28-32-43-68/h49-55,76H,3-48,65-69H2,1-2H3,(H,70,77)(H,71,82)(H,72,81)(H,73,84)(H,74,83)(H,75,80)(H,85,86)/t49-,50+,51+,52+,53+,54+,55+/m1/s1. The molecule has 0 spiro atoms. The third kappa shape index (κ3) is 47.0. The predicted octanol–water partition coefficient (Wildman–Crippen LogP) is 5.43. The number of unbranched alkanes of at least 4 members (excludes halogenated alkanes) is 24. The Kier molecular flexibility index (Phi) is 55.4. The van der Waals surface area contributed by atoms with Gasteiger partial charge in [-0.15, -0.1) is 0 Å². The number of aliphatic hydroxyl groups is 1. The van der Waals surface area contributed by atoms with Crippen LogP contribution in [-0.4, -0.2) is 163 Å². The molecule has 0 radical (unpaired) electrons.